The first kappa shape index (κ1) is 12.6. The molecular formula is C13H15NO4. The van der Waals surface area contributed by atoms with Crippen molar-refractivity contribution in [3.63, 3.8) is 0 Å². The second kappa shape index (κ2) is 4.78. The number of carbonyl (C=O) groups is 2. The van der Waals surface area contributed by atoms with Crippen LogP contribution in [-0.2, 0) is 14.3 Å². The molecule has 0 radical (unpaired) electrons. The van der Waals surface area contributed by atoms with Crippen LogP contribution in [0.15, 0.2) is 30.3 Å². The van der Waals surface area contributed by atoms with Gasteiger partial charge in [0.15, 0.2) is 5.60 Å². The summed E-state index contributed by atoms with van der Waals surface area (Å²) in [6.45, 7) is 0. The summed E-state index contributed by atoms with van der Waals surface area (Å²) >= 11 is 0. The van der Waals surface area contributed by atoms with E-state index in [-0.39, 0.29) is 18.6 Å². The van der Waals surface area contributed by atoms with Gasteiger partial charge in [-0.15, -0.1) is 0 Å². The second-order valence-electron chi connectivity index (χ2n) is 4.40. The Morgan fingerprint density at radius 3 is 2.72 bits per heavy atom. The number of Topliss-reactive ketones (excluding diaryl/α,β-unsaturated/α-hetero) is 1. The van der Waals surface area contributed by atoms with E-state index in [9.17, 15) is 14.7 Å². The van der Waals surface area contributed by atoms with Crippen LogP contribution >= 0.6 is 0 Å². The lowest BCUT2D eigenvalue weighted by Gasteiger charge is -2.27. The Hall–Kier alpha value is -1.88. The molecule has 5 heteroatoms. The molecule has 0 aromatic heterocycles. The van der Waals surface area contributed by atoms with E-state index >= 15 is 0 Å². The lowest BCUT2D eigenvalue weighted by molar-refractivity contribution is -0.162. The van der Waals surface area contributed by atoms with Gasteiger partial charge in [0.2, 0.25) is 0 Å². The van der Waals surface area contributed by atoms with Gasteiger partial charge in [0.25, 0.3) is 0 Å². The highest BCUT2D eigenvalue weighted by Crippen LogP contribution is 2.31. The van der Waals surface area contributed by atoms with Crippen molar-refractivity contribution in [2.24, 2.45) is 0 Å². The SMILES string of the molecule is COC(=O)C1(O)CC(=O)CC1Nc1ccccc1. The fraction of sp³-hybridized carbons (Fsp3) is 0.385. The molecule has 2 atom stereocenters. The molecule has 2 rings (SSSR count). The summed E-state index contributed by atoms with van der Waals surface area (Å²) in [6.07, 6.45) is -0.0926. The number of carbonyl (C=O) groups excluding carboxylic acids is 2. The average Bonchev–Trinajstić information content (AvgIpc) is 2.65. The molecule has 0 spiro atoms. The molecule has 96 valence electrons. The van der Waals surface area contributed by atoms with Crippen molar-refractivity contribution >= 4 is 17.4 Å². The Labute approximate surface area is 105 Å². The third-order valence-corrected chi connectivity index (χ3v) is 3.13. The van der Waals surface area contributed by atoms with Gasteiger partial charge < -0.3 is 15.2 Å². The average molecular weight is 249 g/mol. The highest BCUT2D eigenvalue weighted by molar-refractivity contribution is 5.94. The topological polar surface area (TPSA) is 75.6 Å². The van der Waals surface area contributed by atoms with Gasteiger partial charge >= 0.3 is 5.97 Å². The molecule has 1 fully saturated rings. The van der Waals surface area contributed by atoms with Crippen LogP contribution in [0.1, 0.15) is 12.8 Å². The van der Waals surface area contributed by atoms with Crippen molar-refractivity contribution in [3.8, 4) is 0 Å². The highest BCUT2D eigenvalue weighted by atomic mass is 16.5. The van der Waals surface area contributed by atoms with Gasteiger partial charge in [0, 0.05) is 18.5 Å². The van der Waals surface area contributed by atoms with E-state index in [1.165, 1.54) is 7.11 Å². The largest absolute Gasteiger partial charge is 0.467 e. The van der Waals surface area contributed by atoms with Crippen molar-refractivity contribution < 1.29 is 19.4 Å². The van der Waals surface area contributed by atoms with Crippen LogP contribution in [0.5, 0.6) is 0 Å². The van der Waals surface area contributed by atoms with Crippen LogP contribution < -0.4 is 5.32 Å². The predicted octanol–water partition coefficient (Wildman–Crippen LogP) is 0.734. The Balaban J connectivity index is 2.20. The maximum Gasteiger partial charge on any atom is 0.340 e. The molecular weight excluding hydrogens is 234 g/mol. The van der Waals surface area contributed by atoms with Gasteiger partial charge in [-0.1, -0.05) is 18.2 Å². The number of hydrogen-bond acceptors (Lipinski definition) is 5. The normalized spacial score (nSPS) is 27.0. The Morgan fingerprint density at radius 1 is 1.44 bits per heavy atom. The molecule has 1 aromatic rings. The molecule has 0 bridgehead atoms. The molecule has 1 saturated carbocycles. The van der Waals surface area contributed by atoms with Crippen molar-refractivity contribution in [2.45, 2.75) is 24.5 Å². The smallest absolute Gasteiger partial charge is 0.340 e. The summed E-state index contributed by atoms with van der Waals surface area (Å²) < 4.78 is 4.57. The third-order valence-electron chi connectivity index (χ3n) is 3.13. The molecule has 0 heterocycles. The van der Waals surface area contributed by atoms with E-state index in [4.69, 9.17) is 0 Å². The summed E-state index contributed by atoms with van der Waals surface area (Å²) in [5.74, 6) is -0.932. The van der Waals surface area contributed by atoms with Gasteiger partial charge in [-0.05, 0) is 12.1 Å². The molecule has 0 aliphatic heterocycles. The van der Waals surface area contributed by atoms with E-state index in [0.29, 0.717) is 0 Å². The predicted molar refractivity (Wildman–Crippen MR) is 65.1 cm³/mol. The van der Waals surface area contributed by atoms with Gasteiger partial charge in [0.1, 0.15) is 5.78 Å². The van der Waals surface area contributed by atoms with Crippen LogP contribution in [-0.4, -0.2) is 35.6 Å². The second-order valence-corrected chi connectivity index (χ2v) is 4.40. The number of ether oxygens (including phenoxy) is 1. The number of esters is 1. The van der Waals surface area contributed by atoms with Crippen molar-refractivity contribution in [3.05, 3.63) is 30.3 Å². The lowest BCUT2D eigenvalue weighted by Crippen LogP contribution is -2.49. The summed E-state index contributed by atoms with van der Waals surface area (Å²) in [5.41, 5.74) is -1.03. The van der Waals surface area contributed by atoms with Gasteiger partial charge in [-0.3, -0.25) is 4.79 Å². The Kier molecular flexibility index (Phi) is 3.34. The number of benzene rings is 1. The number of ketones is 1. The van der Waals surface area contributed by atoms with E-state index in [2.05, 4.69) is 10.1 Å². The fourth-order valence-corrected chi connectivity index (χ4v) is 2.19. The van der Waals surface area contributed by atoms with E-state index in [1.807, 2.05) is 18.2 Å². The summed E-state index contributed by atoms with van der Waals surface area (Å²) in [4.78, 5) is 23.1. The first-order valence-corrected chi connectivity index (χ1v) is 5.70. The zero-order valence-electron chi connectivity index (χ0n) is 10.1. The van der Waals surface area contributed by atoms with Crippen molar-refractivity contribution in [1.29, 1.82) is 0 Å². The Bertz CT molecular complexity index is 459. The highest BCUT2D eigenvalue weighted by Gasteiger charge is 2.52. The van der Waals surface area contributed by atoms with Crippen LogP contribution in [0.2, 0.25) is 0 Å². The maximum absolute atomic E-state index is 11.6. The van der Waals surface area contributed by atoms with Crippen molar-refractivity contribution in [1.82, 2.24) is 0 Å². The quantitative estimate of drug-likeness (QED) is 0.772. The summed E-state index contributed by atoms with van der Waals surface area (Å²) in [6, 6.07) is 8.48. The molecule has 18 heavy (non-hydrogen) atoms. The zero-order chi connectivity index (χ0) is 13.2. The summed E-state index contributed by atoms with van der Waals surface area (Å²) in [5, 5.41) is 13.3. The minimum atomic E-state index is -1.78. The third kappa shape index (κ3) is 2.22. The van der Waals surface area contributed by atoms with Gasteiger partial charge in [-0.25, -0.2) is 4.79 Å². The maximum atomic E-state index is 11.6. The number of anilines is 1. The van der Waals surface area contributed by atoms with Crippen LogP contribution in [0.4, 0.5) is 5.69 Å². The number of para-hydroxylation sites is 1. The van der Waals surface area contributed by atoms with E-state index in [0.717, 1.165) is 5.69 Å². The molecule has 2 N–H and O–H groups in total. The number of methoxy groups -OCH3 is 1. The van der Waals surface area contributed by atoms with Crippen molar-refractivity contribution in [2.75, 3.05) is 12.4 Å². The van der Waals surface area contributed by atoms with Gasteiger partial charge in [0.05, 0.1) is 13.2 Å². The number of rotatable bonds is 3. The molecule has 1 aromatic carbocycles. The monoisotopic (exact) mass is 249 g/mol. The van der Waals surface area contributed by atoms with Crippen LogP contribution in [0.3, 0.4) is 0 Å². The molecule has 5 nitrogen and oxygen atoms in total. The minimum Gasteiger partial charge on any atom is -0.467 e. The minimum absolute atomic E-state index is 0.112. The van der Waals surface area contributed by atoms with Crippen LogP contribution in [0, 0.1) is 0 Å². The number of hydrogen-bond donors (Lipinski definition) is 2. The summed E-state index contributed by atoms with van der Waals surface area (Å²) in [7, 11) is 1.20. The molecule has 0 saturated heterocycles. The molecule has 0 amide bonds. The molecule has 1 aliphatic carbocycles. The standard InChI is InChI=1S/C13H15NO4/c1-18-12(16)13(17)8-10(15)7-11(13)14-9-5-3-2-4-6-9/h2-6,11,14,17H,7-8H2,1H3. The van der Waals surface area contributed by atoms with E-state index < -0.39 is 17.6 Å². The first-order valence-electron chi connectivity index (χ1n) is 5.70. The molecule has 2 unspecified atom stereocenters. The Morgan fingerprint density at radius 2 is 2.11 bits per heavy atom. The van der Waals surface area contributed by atoms with Crippen LogP contribution in [0.25, 0.3) is 0 Å². The van der Waals surface area contributed by atoms with E-state index in [1.54, 1.807) is 12.1 Å². The lowest BCUT2D eigenvalue weighted by atomic mass is 9.97. The first-order chi connectivity index (χ1) is 8.56. The molecule has 1 aliphatic rings. The zero-order valence-corrected chi connectivity index (χ0v) is 10.1. The number of aliphatic hydroxyl groups is 1. The van der Waals surface area contributed by atoms with Gasteiger partial charge in [-0.2, -0.15) is 0 Å². The number of nitrogens with one attached hydrogen (secondary N) is 1. The fourth-order valence-electron chi connectivity index (χ4n) is 2.19.